The summed E-state index contributed by atoms with van der Waals surface area (Å²) in [6.07, 6.45) is 12.8. The molecule has 3 rings (SSSR count). The second-order valence-corrected chi connectivity index (χ2v) is 7.81. The van der Waals surface area contributed by atoms with Gasteiger partial charge in [-0.15, -0.1) is 0 Å². The van der Waals surface area contributed by atoms with Crippen molar-refractivity contribution in [1.29, 1.82) is 0 Å². The Hall–Kier alpha value is -1.58. The zero-order chi connectivity index (χ0) is 18.7. The normalized spacial score (nSPS) is 24.5. The quantitative estimate of drug-likeness (QED) is 0.510. The lowest BCUT2D eigenvalue weighted by atomic mass is 9.76. The summed E-state index contributed by atoms with van der Waals surface area (Å²) < 4.78 is 42.4. The Balaban J connectivity index is 1.67. The number of fused-ring (bicyclic) bond motifs is 1. The number of hydrogen-bond acceptors (Lipinski definition) is 1. The smallest absolute Gasteiger partial charge is 0.288 e. The van der Waals surface area contributed by atoms with Crippen LogP contribution in [0.3, 0.4) is 0 Å². The van der Waals surface area contributed by atoms with Crippen LogP contribution in [-0.4, -0.2) is 5.78 Å². The summed E-state index contributed by atoms with van der Waals surface area (Å²) >= 11 is 0. The van der Waals surface area contributed by atoms with Crippen molar-refractivity contribution in [2.24, 2.45) is 5.92 Å². The summed E-state index contributed by atoms with van der Waals surface area (Å²) in [5, 5.41) is 0. The topological polar surface area (TPSA) is 17.1 Å². The largest absolute Gasteiger partial charge is 0.337 e. The van der Waals surface area contributed by atoms with Gasteiger partial charge >= 0.3 is 5.92 Å². The van der Waals surface area contributed by atoms with E-state index < -0.39 is 23.1 Å². The number of allylic oxidation sites excluding steroid dienone is 1. The van der Waals surface area contributed by atoms with E-state index in [-0.39, 0.29) is 11.5 Å². The zero-order valence-electron chi connectivity index (χ0n) is 15.4. The molecule has 2 aliphatic rings. The maximum absolute atomic E-state index is 14.4. The van der Waals surface area contributed by atoms with Gasteiger partial charge in [0.1, 0.15) is 5.82 Å². The molecule has 0 atom stereocenters. The van der Waals surface area contributed by atoms with E-state index in [2.05, 4.69) is 6.92 Å². The maximum Gasteiger partial charge on any atom is 0.337 e. The fourth-order valence-electron chi connectivity index (χ4n) is 4.39. The molecule has 0 N–H and O–H groups in total. The first-order valence-electron chi connectivity index (χ1n) is 9.87. The minimum atomic E-state index is -3.76. The average molecular weight is 364 g/mol. The molecule has 0 spiro atoms. The van der Waals surface area contributed by atoms with E-state index in [0.717, 1.165) is 43.2 Å². The fraction of sp³-hybridized carbons (Fsp3) is 0.591. The van der Waals surface area contributed by atoms with Crippen LogP contribution >= 0.6 is 0 Å². The Morgan fingerprint density at radius 1 is 1.04 bits per heavy atom. The molecule has 142 valence electrons. The van der Waals surface area contributed by atoms with E-state index in [0.29, 0.717) is 0 Å². The molecule has 0 bridgehead atoms. The van der Waals surface area contributed by atoms with Crippen LogP contribution in [0.5, 0.6) is 0 Å². The number of carbonyl (C=O) groups is 1. The SMILES string of the molecule is CCCCCCC1CCC(c2cc(F)c3c(c2)C=CC(=O)C3(F)F)CC1. The van der Waals surface area contributed by atoms with Gasteiger partial charge in [0, 0.05) is 0 Å². The van der Waals surface area contributed by atoms with Crippen LogP contribution in [0.25, 0.3) is 6.08 Å². The van der Waals surface area contributed by atoms with Crippen molar-refractivity contribution in [3.63, 3.8) is 0 Å². The number of carbonyl (C=O) groups excluding carboxylic acids is 1. The molecule has 4 heteroatoms. The van der Waals surface area contributed by atoms with Crippen LogP contribution < -0.4 is 0 Å². The second kappa shape index (κ2) is 7.98. The van der Waals surface area contributed by atoms with Crippen molar-refractivity contribution in [1.82, 2.24) is 0 Å². The number of ketones is 1. The molecular weight excluding hydrogens is 337 g/mol. The average Bonchev–Trinajstić information content (AvgIpc) is 2.62. The minimum absolute atomic E-state index is 0.145. The van der Waals surface area contributed by atoms with Crippen molar-refractivity contribution in [2.45, 2.75) is 76.6 Å². The lowest BCUT2D eigenvalue weighted by molar-refractivity contribution is -0.139. The van der Waals surface area contributed by atoms with Crippen LogP contribution in [-0.2, 0) is 10.7 Å². The number of rotatable bonds is 6. The Kier molecular flexibility index (Phi) is 5.89. The third kappa shape index (κ3) is 3.89. The first kappa shape index (κ1) is 19.2. The molecule has 0 aliphatic heterocycles. The highest BCUT2D eigenvalue weighted by Crippen LogP contribution is 2.42. The van der Waals surface area contributed by atoms with Gasteiger partial charge in [-0.1, -0.05) is 51.2 Å². The van der Waals surface area contributed by atoms with Gasteiger partial charge in [0.25, 0.3) is 0 Å². The summed E-state index contributed by atoms with van der Waals surface area (Å²) in [7, 11) is 0. The second-order valence-electron chi connectivity index (χ2n) is 7.81. The highest BCUT2D eigenvalue weighted by Gasteiger charge is 2.45. The number of benzene rings is 1. The molecule has 2 aliphatic carbocycles. The van der Waals surface area contributed by atoms with Crippen LogP contribution in [0.1, 0.15) is 87.3 Å². The van der Waals surface area contributed by atoms with Crippen LogP contribution in [0, 0.1) is 11.7 Å². The van der Waals surface area contributed by atoms with E-state index in [4.69, 9.17) is 0 Å². The summed E-state index contributed by atoms with van der Waals surface area (Å²) in [5.41, 5.74) is 0.171. The van der Waals surface area contributed by atoms with E-state index in [1.165, 1.54) is 44.2 Å². The lowest BCUT2D eigenvalue weighted by Gasteiger charge is -2.30. The van der Waals surface area contributed by atoms with Crippen LogP contribution in [0.15, 0.2) is 18.2 Å². The van der Waals surface area contributed by atoms with Crippen molar-refractivity contribution in [3.05, 3.63) is 40.7 Å². The number of unbranched alkanes of at least 4 members (excludes halogenated alkanes) is 3. The molecule has 0 heterocycles. The molecule has 0 aromatic heterocycles. The van der Waals surface area contributed by atoms with Gasteiger partial charge in [0.05, 0.1) is 5.56 Å². The molecule has 0 saturated heterocycles. The predicted octanol–water partition coefficient (Wildman–Crippen LogP) is 6.76. The first-order chi connectivity index (χ1) is 12.4. The molecule has 0 unspecified atom stereocenters. The number of hydrogen-bond donors (Lipinski definition) is 0. The monoisotopic (exact) mass is 364 g/mol. The summed E-state index contributed by atoms with van der Waals surface area (Å²) in [6.45, 7) is 2.21. The van der Waals surface area contributed by atoms with Crippen molar-refractivity contribution in [3.8, 4) is 0 Å². The Labute approximate surface area is 153 Å². The number of halogens is 3. The zero-order valence-corrected chi connectivity index (χ0v) is 15.4. The molecule has 1 fully saturated rings. The van der Waals surface area contributed by atoms with Crippen LogP contribution in [0.2, 0.25) is 0 Å². The third-order valence-corrected chi connectivity index (χ3v) is 5.96. The molecule has 0 radical (unpaired) electrons. The van der Waals surface area contributed by atoms with Gasteiger partial charge in [-0.05, 0) is 60.8 Å². The van der Waals surface area contributed by atoms with Gasteiger partial charge in [-0.2, -0.15) is 8.78 Å². The van der Waals surface area contributed by atoms with E-state index in [1.807, 2.05) is 0 Å². The molecule has 26 heavy (non-hydrogen) atoms. The summed E-state index contributed by atoms with van der Waals surface area (Å²) in [5.74, 6) is -5.10. The Morgan fingerprint density at radius 2 is 1.77 bits per heavy atom. The maximum atomic E-state index is 14.4. The van der Waals surface area contributed by atoms with Gasteiger partial charge in [-0.25, -0.2) is 4.39 Å². The molecule has 1 aromatic rings. The minimum Gasteiger partial charge on any atom is -0.288 e. The molecule has 1 saturated carbocycles. The fourth-order valence-corrected chi connectivity index (χ4v) is 4.39. The van der Waals surface area contributed by atoms with Crippen LogP contribution in [0.4, 0.5) is 13.2 Å². The van der Waals surface area contributed by atoms with Crippen molar-refractivity contribution < 1.29 is 18.0 Å². The molecule has 1 aromatic carbocycles. The van der Waals surface area contributed by atoms with Crippen molar-refractivity contribution in [2.75, 3.05) is 0 Å². The van der Waals surface area contributed by atoms with Gasteiger partial charge in [-0.3, -0.25) is 4.79 Å². The standard InChI is InChI=1S/C22H27F3O/c1-2-3-4-5-6-15-7-9-16(10-8-15)18-13-17-11-12-20(26)22(24,25)21(17)19(23)14-18/h11-16H,2-10H2,1H3. The highest BCUT2D eigenvalue weighted by molar-refractivity contribution is 6.02. The summed E-state index contributed by atoms with van der Waals surface area (Å²) in [4.78, 5) is 11.4. The number of alkyl halides is 2. The van der Waals surface area contributed by atoms with Gasteiger partial charge in [0.15, 0.2) is 0 Å². The van der Waals surface area contributed by atoms with Crippen molar-refractivity contribution >= 4 is 11.9 Å². The first-order valence-corrected chi connectivity index (χ1v) is 9.87. The van der Waals surface area contributed by atoms with Gasteiger partial charge in [0.2, 0.25) is 5.78 Å². The van der Waals surface area contributed by atoms with E-state index in [9.17, 15) is 18.0 Å². The lowest BCUT2D eigenvalue weighted by Crippen LogP contribution is -2.29. The third-order valence-electron chi connectivity index (χ3n) is 5.96. The molecular formula is C22H27F3O. The Bertz CT molecular complexity index is 685. The van der Waals surface area contributed by atoms with E-state index >= 15 is 0 Å². The van der Waals surface area contributed by atoms with Gasteiger partial charge < -0.3 is 0 Å². The predicted molar refractivity (Wildman–Crippen MR) is 97.8 cm³/mol. The highest BCUT2D eigenvalue weighted by atomic mass is 19.3. The summed E-state index contributed by atoms with van der Waals surface area (Å²) in [6, 6.07) is 2.88. The Morgan fingerprint density at radius 3 is 2.46 bits per heavy atom. The molecule has 0 amide bonds. The molecule has 1 nitrogen and oxygen atoms in total. The van der Waals surface area contributed by atoms with E-state index in [1.54, 1.807) is 6.07 Å².